The summed E-state index contributed by atoms with van der Waals surface area (Å²) in [5, 5.41) is 4.17. The van der Waals surface area contributed by atoms with Crippen molar-refractivity contribution in [3.63, 3.8) is 0 Å². The summed E-state index contributed by atoms with van der Waals surface area (Å²) >= 11 is 5.71. The Morgan fingerprint density at radius 2 is 2.00 bits per heavy atom. The minimum absolute atomic E-state index is 0.168. The summed E-state index contributed by atoms with van der Waals surface area (Å²) in [5.41, 5.74) is 0. The highest BCUT2D eigenvalue weighted by Crippen LogP contribution is 2.13. The van der Waals surface area contributed by atoms with Crippen LogP contribution in [0, 0.1) is 6.92 Å². The zero-order valence-corrected chi connectivity index (χ0v) is 11.7. The Kier molecular flexibility index (Phi) is 4.18. The molecule has 0 atom stereocenters. The molecule has 0 saturated carbocycles. The van der Waals surface area contributed by atoms with Crippen molar-refractivity contribution in [1.29, 1.82) is 0 Å². The number of sulfonamides is 1. The summed E-state index contributed by atoms with van der Waals surface area (Å²) in [6, 6.07) is 5.95. The summed E-state index contributed by atoms with van der Waals surface area (Å²) in [6.45, 7) is 1.87. The SMILES string of the molecule is Cc1nc(CCNS(=O)(=O)c2ccc(Cl)cc2)no1. The van der Waals surface area contributed by atoms with Gasteiger partial charge in [0.1, 0.15) is 0 Å². The van der Waals surface area contributed by atoms with E-state index in [1.807, 2.05) is 0 Å². The third-order valence-electron chi connectivity index (χ3n) is 2.33. The minimum Gasteiger partial charge on any atom is -0.340 e. The van der Waals surface area contributed by atoms with Gasteiger partial charge in [0, 0.05) is 24.9 Å². The predicted molar refractivity (Wildman–Crippen MR) is 69.4 cm³/mol. The highest BCUT2D eigenvalue weighted by atomic mass is 35.5. The van der Waals surface area contributed by atoms with Crippen LogP contribution in [0.5, 0.6) is 0 Å². The molecule has 8 heteroatoms. The van der Waals surface area contributed by atoms with E-state index in [4.69, 9.17) is 16.1 Å². The summed E-state index contributed by atoms with van der Waals surface area (Å²) in [7, 11) is -3.54. The van der Waals surface area contributed by atoms with Crippen LogP contribution in [-0.4, -0.2) is 25.1 Å². The molecule has 1 aromatic heterocycles. The molecule has 0 radical (unpaired) electrons. The van der Waals surface area contributed by atoms with Gasteiger partial charge in [0.25, 0.3) is 0 Å². The maximum absolute atomic E-state index is 11.9. The van der Waals surface area contributed by atoms with Gasteiger partial charge < -0.3 is 4.52 Å². The number of hydrogen-bond acceptors (Lipinski definition) is 5. The Morgan fingerprint density at radius 1 is 1.32 bits per heavy atom. The fourth-order valence-corrected chi connectivity index (χ4v) is 2.59. The molecule has 1 N–H and O–H groups in total. The molecule has 6 nitrogen and oxygen atoms in total. The molecule has 0 fully saturated rings. The van der Waals surface area contributed by atoms with E-state index in [0.717, 1.165) is 0 Å². The second-order valence-corrected chi connectivity index (χ2v) is 6.03. The lowest BCUT2D eigenvalue weighted by Gasteiger charge is -2.05. The first-order valence-corrected chi connectivity index (χ1v) is 7.38. The normalized spacial score (nSPS) is 11.7. The number of halogens is 1. The van der Waals surface area contributed by atoms with E-state index in [2.05, 4.69) is 14.9 Å². The average molecular weight is 302 g/mol. The average Bonchev–Trinajstić information content (AvgIpc) is 2.75. The first kappa shape index (κ1) is 14.0. The van der Waals surface area contributed by atoms with E-state index in [-0.39, 0.29) is 11.4 Å². The lowest BCUT2D eigenvalue weighted by molar-refractivity contribution is 0.387. The molecular formula is C11H12ClN3O3S. The topological polar surface area (TPSA) is 85.1 Å². The summed E-state index contributed by atoms with van der Waals surface area (Å²) in [6.07, 6.45) is 0.365. The zero-order valence-electron chi connectivity index (χ0n) is 10.1. The smallest absolute Gasteiger partial charge is 0.240 e. The number of nitrogens with one attached hydrogen (secondary N) is 1. The molecule has 0 bridgehead atoms. The van der Waals surface area contributed by atoms with E-state index in [9.17, 15) is 8.42 Å². The second kappa shape index (κ2) is 5.68. The van der Waals surface area contributed by atoms with Gasteiger partial charge in [-0.15, -0.1) is 0 Å². The van der Waals surface area contributed by atoms with Gasteiger partial charge in [-0.05, 0) is 24.3 Å². The molecule has 0 aliphatic carbocycles. The molecular weight excluding hydrogens is 290 g/mol. The van der Waals surface area contributed by atoms with Gasteiger partial charge in [-0.1, -0.05) is 16.8 Å². The van der Waals surface area contributed by atoms with Crippen molar-refractivity contribution in [2.75, 3.05) is 6.54 Å². The van der Waals surface area contributed by atoms with Gasteiger partial charge >= 0.3 is 0 Å². The lowest BCUT2D eigenvalue weighted by Crippen LogP contribution is -2.26. The molecule has 0 spiro atoms. The van der Waals surface area contributed by atoms with Gasteiger partial charge in [0.2, 0.25) is 15.9 Å². The highest BCUT2D eigenvalue weighted by molar-refractivity contribution is 7.89. The molecule has 19 heavy (non-hydrogen) atoms. The molecule has 2 aromatic rings. The van der Waals surface area contributed by atoms with E-state index in [1.165, 1.54) is 24.3 Å². The molecule has 102 valence electrons. The van der Waals surface area contributed by atoms with Crippen molar-refractivity contribution >= 4 is 21.6 Å². The largest absolute Gasteiger partial charge is 0.340 e. The number of rotatable bonds is 5. The van der Waals surface area contributed by atoms with Crippen LogP contribution in [0.4, 0.5) is 0 Å². The summed E-state index contributed by atoms with van der Waals surface area (Å²) in [5.74, 6) is 0.923. The van der Waals surface area contributed by atoms with Gasteiger partial charge in [-0.2, -0.15) is 4.98 Å². The Balaban J connectivity index is 1.96. The van der Waals surface area contributed by atoms with Crippen LogP contribution in [0.2, 0.25) is 5.02 Å². The zero-order chi connectivity index (χ0) is 13.9. The van der Waals surface area contributed by atoms with Crippen LogP contribution >= 0.6 is 11.6 Å². The quantitative estimate of drug-likeness (QED) is 0.905. The Hall–Kier alpha value is -1.44. The molecule has 1 heterocycles. The second-order valence-electron chi connectivity index (χ2n) is 3.83. The number of aromatic nitrogens is 2. The van der Waals surface area contributed by atoms with Crippen molar-refractivity contribution in [2.24, 2.45) is 0 Å². The van der Waals surface area contributed by atoms with Gasteiger partial charge in [0.05, 0.1) is 4.90 Å². The van der Waals surface area contributed by atoms with Gasteiger partial charge in [0.15, 0.2) is 5.82 Å². The Bertz CT molecular complexity index is 652. The predicted octanol–water partition coefficient (Wildman–Crippen LogP) is 1.55. The third kappa shape index (κ3) is 3.76. The number of aryl methyl sites for hydroxylation is 1. The fraction of sp³-hybridized carbons (Fsp3) is 0.273. The van der Waals surface area contributed by atoms with Crippen molar-refractivity contribution in [3.8, 4) is 0 Å². The van der Waals surface area contributed by atoms with Crippen LogP contribution < -0.4 is 4.72 Å². The Morgan fingerprint density at radius 3 is 2.58 bits per heavy atom. The molecule has 0 amide bonds. The van der Waals surface area contributed by atoms with E-state index >= 15 is 0 Å². The van der Waals surface area contributed by atoms with Crippen LogP contribution in [-0.2, 0) is 16.4 Å². The number of nitrogens with zero attached hydrogens (tertiary/aromatic N) is 2. The van der Waals surface area contributed by atoms with Crippen molar-refractivity contribution in [3.05, 3.63) is 41.0 Å². The van der Waals surface area contributed by atoms with Crippen LogP contribution in [0.15, 0.2) is 33.7 Å². The summed E-state index contributed by atoms with van der Waals surface area (Å²) in [4.78, 5) is 4.15. The molecule has 0 aliphatic heterocycles. The van der Waals surface area contributed by atoms with Crippen LogP contribution in [0.3, 0.4) is 0 Å². The van der Waals surface area contributed by atoms with Crippen LogP contribution in [0.25, 0.3) is 0 Å². The molecule has 0 aliphatic rings. The van der Waals surface area contributed by atoms with Gasteiger partial charge in [-0.3, -0.25) is 0 Å². The first-order valence-electron chi connectivity index (χ1n) is 5.52. The van der Waals surface area contributed by atoms with E-state index in [1.54, 1.807) is 6.92 Å². The minimum atomic E-state index is -3.54. The monoisotopic (exact) mass is 301 g/mol. The summed E-state index contributed by atoms with van der Waals surface area (Å²) < 4.78 is 31.1. The number of benzene rings is 1. The molecule has 1 aromatic carbocycles. The maximum Gasteiger partial charge on any atom is 0.240 e. The number of hydrogen-bond donors (Lipinski definition) is 1. The maximum atomic E-state index is 11.9. The highest BCUT2D eigenvalue weighted by Gasteiger charge is 2.13. The van der Waals surface area contributed by atoms with E-state index in [0.29, 0.717) is 23.2 Å². The molecule has 0 unspecified atom stereocenters. The van der Waals surface area contributed by atoms with E-state index < -0.39 is 10.0 Å². The Labute approximate surface area is 115 Å². The third-order valence-corrected chi connectivity index (χ3v) is 4.06. The van der Waals surface area contributed by atoms with Crippen LogP contribution in [0.1, 0.15) is 11.7 Å². The molecule has 0 saturated heterocycles. The van der Waals surface area contributed by atoms with Crippen molar-refractivity contribution < 1.29 is 12.9 Å². The van der Waals surface area contributed by atoms with Crippen molar-refractivity contribution in [2.45, 2.75) is 18.2 Å². The van der Waals surface area contributed by atoms with Gasteiger partial charge in [-0.25, -0.2) is 13.1 Å². The first-order chi connectivity index (χ1) is 8.97. The molecule has 2 rings (SSSR count). The lowest BCUT2D eigenvalue weighted by atomic mass is 10.4. The van der Waals surface area contributed by atoms with Crippen molar-refractivity contribution in [1.82, 2.24) is 14.9 Å². The fourth-order valence-electron chi connectivity index (χ4n) is 1.44. The standard InChI is InChI=1S/C11H12ClN3O3S/c1-8-14-11(15-18-8)6-7-13-19(16,17)10-4-2-9(12)3-5-10/h2-5,13H,6-7H2,1H3.